The van der Waals surface area contributed by atoms with Gasteiger partial charge in [0.2, 0.25) is 5.91 Å². The summed E-state index contributed by atoms with van der Waals surface area (Å²) in [6.07, 6.45) is 1.32. The lowest BCUT2D eigenvalue weighted by Crippen LogP contribution is -2.23. The number of carbonyl (C=O) groups is 2. The molecule has 0 saturated carbocycles. The van der Waals surface area contributed by atoms with Crippen molar-refractivity contribution in [1.82, 2.24) is 5.32 Å². The zero-order valence-electron chi connectivity index (χ0n) is 13.2. The summed E-state index contributed by atoms with van der Waals surface area (Å²) >= 11 is 9.37. The van der Waals surface area contributed by atoms with E-state index in [-0.39, 0.29) is 11.8 Å². The van der Waals surface area contributed by atoms with E-state index in [1.165, 1.54) is 0 Å². The zero-order chi connectivity index (χ0) is 17.5. The molecule has 0 unspecified atom stereocenters. The van der Waals surface area contributed by atoms with E-state index in [0.717, 1.165) is 22.1 Å². The lowest BCUT2D eigenvalue weighted by molar-refractivity contribution is -0.116. The molecule has 2 N–H and O–H groups in total. The molecular weight excluding hydrogens is 392 g/mol. The van der Waals surface area contributed by atoms with Crippen LogP contribution in [0.15, 0.2) is 46.9 Å². The van der Waals surface area contributed by atoms with Gasteiger partial charge in [0, 0.05) is 23.1 Å². The number of benzene rings is 2. The number of hydrogen-bond acceptors (Lipinski definition) is 2. The Hall–Kier alpha value is -1.85. The lowest BCUT2D eigenvalue weighted by atomic mass is 10.1. The minimum Gasteiger partial charge on any atom is -0.348 e. The molecule has 0 spiro atoms. The average molecular weight is 410 g/mol. The van der Waals surface area contributed by atoms with Crippen LogP contribution in [0, 0.1) is 0 Å². The van der Waals surface area contributed by atoms with Gasteiger partial charge < -0.3 is 10.6 Å². The van der Waals surface area contributed by atoms with Crippen molar-refractivity contribution in [3.05, 3.63) is 63.1 Å². The molecule has 0 bridgehead atoms. The Morgan fingerprint density at radius 3 is 2.50 bits per heavy atom. The van der Waals surface area contributed by atoms with Crippen LogP contribution in [0.1, 0.15) is 35.7 Å². The second kappa shape index (κ2) is 8.85. The molecular formula is C18H18BrClN2O2. The van der Waals surface area contributed by atoms with Gasteiger partial charge in [0.05, 0.1) is 10.6 Å². The van der Waals surface area contributed by atoms with Gasteiger partial charge in [-0.05, 0) is 42.3 Å². The Labute approximate surface area is 154 Å². The van der Waals surface area contributed by atoms with Crippen LogP contribution < -0.4 is 10.6 Å². The monoisotopic (exact) mass is 408 g/mol. The van der Waals surface area contributed by atoms with E-state index in [2.05, 4.69) is 26.6 Å². The lowest BCUT2D eigenvalue weighted by Gasteiger charge is -2.09. The number of rotatable bonds is 6. The third-order valence-electron chi connectivity index (χ3n) is 3.34. The van der Waals surface area contributed by atoms with Crippen LogP contribution in [0.25, 0.3) is 0 Å². The molecule has 126 valence electrons. The van der Waals surface area contributed by atoms with Gasteiger partial charge in [0.1, 0.15) is 0 Å². The maximum Gasteiger partial charge on any atom is 0.253 e. The van der Waals surface area contributed by atoms with Crippen molar-refractivity contribution in [3.8, 4) is 0 Å². The SMILES string of the molecule is CCCC(=O)Nc1ccc(CNC(=O)c2cc(Br)ccc2Cl)cc1. The average Bonchev–Trinajstić information content (AvgIpc) is 2.56. The molecule has 6 heteroatoms. The first-order chi connectivity index (χ1) is 11.5. The largest absolute Gasteiger partial charge is 0.348 e. The van der Waals surface area contributed by atoms with E-state index < -0.39 is 0 Å². The molecule has 0 aliphatic carbocycles. The normalized spacial score (nSPS) is 10.3. The Balaban J connectivity index is 1.93. The molecule has 2 aromatic carbocycles. The highest BCUT2D eigenvalue weighted by Gasteiger charge is 2.10. The van der Waals surface area contributed by atoms with Crippen LogP contribution in [-0.2, 0) is 11.3 Å². The van der Waals surface area contributed by atoms with Gasteiger partial charge in [-0.1, -0.05) is 46.6 Å². The predicted molar refractivity (Wildman–Crippen MR) is 100 cm³/mol. The van der Waals surface area contributed by atoms with Crippen LogP contribution in [0.4, 0.5) is 5.69 Å². The zero-order valence-corrected chi connectivity index (χ0v) is 15.6. The van der Waals surface area contributed by atoms with Crippen molar-refractivity contribution < 1.29 is 9.59 Å². The van der Waals surface area contributed by atoms with Crippen LogP contribution in [0.2, 0.25) is 5.02 Å². The molecule has 4 nitrogen and oxygen atoms in total. The van der Waals surface area contributed by atoms with Crippen LogP contribution in [0.3, 0.4) is 0 Å². The number of carbonyl (C=O) groups excluding carboxylic acids is 2. The van der Waals surface area contributed by atoms with Gasteiger partial charge in [-0.3, -0.25) is 9.59 Å². The fourth-order valence-corrected chi connectivity index (χ4v) is 2.67. The summed E-state index contributed by atoms with van der Waals surface area (Å²) in [7, 11) is 0. The Morgan fingerprint density at radius 2 is 1.83 bits per heavy atom. The first-order valence-corrected chi connectivity index (χ1v) is 8.78. The third kappa shape index (κ3) is 5.35. The summed E-state index contributed by atoms with van der Waals surface area (Å²) in [5.74, 6) is -0.232. The van der Waals surface area contributed by atoms with E-state index in [1.54, 1.807) is 18.2 Å². The number of hydrogen-bond donors (Lipinski definition) is 2. The van der Waals surface area contributed by atoms with Gasteiger partial charge in [-0.25, -0.2) is 0 Å². The minimum absolute atomic E-state index is 0.00264. The van der Waals surface area contributed by atoms with E-state index in [4.69, 9.17) is 11.6 Å². The molecule has 0 aliphatic rings. The molecule has 0 radical (unpaired) electrons. The molecule has 0 fully saturated rings. The van der Waals surface area contributed by atoms with Gasteiger partial charge in [-0.2, -0.15) is 0 Å². The number of nitrogens with one attached hydrogen (secondary N) is 2. The van der Waals surface area contributed by atoms with E-state index in [9.17, 15) is 9.59 Å². The van der Waals surface area contributed by atoms with Gasteiger partial charge in [0.25, 0.3) is 5.91 Å². The van der Waals surface area contributed by atoms with Crippen molar-refractivity contribution in [2.45, 2.75) is 26.3 Å². The maximum absolute atomic E-state index is 12.2. The number of halogens is 2. The first-order valence-electron chi connectivity index (χ1n) is 7.61. The summed E-state index contributed by atoms with van der Waals surface area (Å²) in [5, 5.41) is 6.06. The molecule has 0 heterocycles. The summed E-state index contributed by atoms with van der Waals surface area (Å²) in [6.45, 7) is 2.34. The molecule has 2 rings (SSSR count). The van der Waals surface area contributed by atoms with Crippen molar-refractivity contribution in [2.75, 3.05) is 5.32 Å². The second-order valence-corrected chi connectivity index (χ2v) is 6.62. The topological polar surface area (TPSA) is 58.2 Å². The molecule has 2 amide bonds. The predicted octanol–water partition coefficient (Wildman–Crippen LogP) is 4.77. The molecule has 0 aromatic heterocycles. The third-order valence-corrected chi connectivity index (χ3v) is 4.16. The highest BCUT2D eigenvalue weighted by Crippen LogP contribution is 2.21. The molecule has 0 saturated heterocycles. The van der Waals surface area contributed by atoms with E-state index in [0.29, 0.717) is 23.6 Å². The molecule has 0 aliphatic heterocycles. The maximum atomic E-state index is 12.2. The first kappa shape index (κ1) is 18.5. The number of amides is 2. The van der Waals surface area contributed by atoms with Gasteiger partial charge >= 0.3 is 0 Å². The number of anilines is 1. The minimum atomic E-state index is -0.235. The standard InChI is InChI=1S/C18H18BrClN2O2/c1-2-3-17(23)22-14-7-4-12(5-8-14)11-21-18(24)15-10-13(19)6-9-16(15)20/h4-10H,2-3,11H2,1H3,(H,21,24)(H,22,23). The van der Waals surface area contributed by atoms with Crippen molar-refractivity contribution >= 4 is 45.0 Å². The smallest absolute Gasteiger partial charge is 0.253 e. The fourth-order valence-electron chi connectivity index (χ4n) is 2.11. The van der Waals surface area contributed by atoms with Gasteiger partial charge in [0.15, 0.2) is 0 Å². The Bertz CT molecular complexity index is 732. The molecule has 2 aromatic rings. The van der Waals surface area contributed by atoms with Crippen LogP contribution in [0.5, 0.6) is 0 Å². The summed E-state index contributed by atoms with van der Waals surface area (Å²) < 4.78 is 0.796. The van der Waals surface area contributed by atoms with Crippen LogP contribution in [-0.4, -0.2) is 11.8 Å². The molecule has 24 heavy (non-hydrogen) atoms. The second-order valence-electron chi connectivity index (χ2n) is 5.30. The van der Waals surface area contributed by atoms with Gasteiger partial charge in [-0.15, -0.1) is 0 Å². The van der Waals surface area contributed by atoms with E-state index in [1.807, 2.05) is 31.2 Å². The van der Waals surface area contributed by atoms with Crippen molar-refractivity contribution in [3.63, 3.8) is 0 Å². The summed E-state index contributed by atoms with van der Waals surface area (Å²) in [6, 6.07) is 12.5. The van der Waals surface area contributed by atoms with Crippen molar-refractivity contribution in [2.24, 2.45) is 0 Å². The van der Waals surface area contributed by atoms with Crippen molar-refractivity contribution in [1.29, 1.82) is 0 Å². The summed E-state index contributed by atoms with van der Waals surface area (Å²) in [5.41, 5.74) is 2.11. The van der Waals surface area contributed by atoms with E-state index >= 15 is 0 Å². The summed E-state index contributed by atoms with van der Waals surface area (Å²) in [4.78, 5) is 23.7. The fraction of sp³-hybridized carbons (Fsp3) is 0.222. The Kier molecular flexibility index (Phi) is 6.82. The quantitative estimate of drug-likeness (QED) is 0.722. The highest BCUT2D eigenvalue weighted by molar-refractivity contribution is 9.10. The molecule has 0 atom stereocenters. The Morgan fingerprint density at radius 1 is 1.12 bits per heavy atom. The highest BCUT2D eigenvalue weighted by atomic mass is 79.9. The van der Waals surface area contributed by atoms with Crippen LogP contribution >= 0.6 is 27.5 Å².